The molecule has 0 aliphatic rings. The van der Waals surface area contributed by atoms with E-state index in [1.807, 2.05) is 17.8 Å². The highest BCUT2D eigenvalue weighted by Gasteiger charge is 2.10. The van der Waals surface area contributed by atoms with Gasteiger partial charge >= 0.3 is 0 Å². The van der Waals surface area contributed by atoms with Gasteiger partial charge in [0, 0.05) is 24.3 Å². The topological polar surface area (TPSA) is 41.1 Å². The van der Waals surface area contributed by atoms with Crippen LogP contribution >= 0.6 is 23.4 Å². The summed E-state index contributed by atoms with van der Waals surface area (Å²) in [5.41, 5.74) is 1.38. The number of hydrogen-bond donors (Lipinski definition) is 2. The lowest BCUT2D eigenvalue weighted by molar-refractivity contribution is 0.0954. The predicted octanol–water partition coefficient (Wildman–Crippen LogP) is 3.25. The van der Waals surface area contributed by atoms with Gasteiger partial charge in [0.25, 0.3) is 5.91 Å². The zero-order chi connectivity index (χ0) is 13.4. The summed E-state index contributed by atoms with van der Waals surface area (Å²) in [7, 11) is 1.79. The summed E-state index contributed by atoms with van der Waals surface area (Å²) in [6.45, 7) is 2.83. The van der Waals surface area contributed by atoms with E-state index in [2.05, 4.69) is 17.6 Å². The molecule has 0 aliphatic heterocycles. The predicted molar refractivity (Wildman–Crippen MR) is 80.9 cm³/mol. The van der Waals surface area contributed by atoms with E-state index in [1.54, 1.807) is 19.2 Å². The summed E-state index contributed by atoms with van der Waals surface area (Å²) in [6.07, 6.45) is 0.986. The van der Waals surface area contributed by atoms with Crippen LogP contribution in [0.2, 0.25) is 5.02 Å². The molecule has 1 aromatic rings. The number of carbonyl (C=O) groups excluding carboxylic acids is 1. The quantitative estimate of drug-likeness (QED) is 0.756. The van der Waals surface area contributed by atoms with Crippen molar-refractivity contribution in [3.05, 3.63) is 28.8 Å². The fraction of sp³-hybridized carbons (Fsp3) is 0.462. The third kappa shape index (κ3) is 4.78. The minimum Gasteiger partial charge on any atom is -0.387 e. The smallest absolute Gasteiger partial charge is 0.253 e. The van der Waals surface area contributed by atoms with Crippen LogP contribution in [-0.4, -0.2) is 31.0 Å². The second-order valence-corrected chi connectivity index (χ2v) is 5.58. The minimum atomic E-state index is -0.0802. The van der Waals surface area contributed by atoms with E-state index in [4.69, 9.17) is 11.6 Å². The van der Waals surface area contributed by atoms with Crippen LogP contribution in [0.3, 0.4) is 0 Å². The average Bonchev–Trinajstić information content (AvgIpc) is 2.38. The van der Waals surface area contributed by atoms with Crippen LogP contribution < -0.4 is 10.6 Å². The zero-order valence-electron chi connectivity index (χ0n) is 10.8. The van der Waals surface area contributed by atoms with Gasteiger partial charge in [-0.25, -0.2) is 0 Å². The summed E-state index contributed by atoms with van der Waals surface area (Å²) in [5, 5.41) is 6.47. The van der Waals surface area contributed by atoms with Crippen LogP contribution in [0.15, 0.2) is 18.2 Å². The first-order valence-electron chi connectivity index (χ1n) is 6.02. The fourth-order valence-electron chi connectivity index (χ4n) is 1.54. The molecular formula is C13H19ClN2OS. The summed E-state index contributed by atoms with van der Waals surface area (Å²) in [5.74, 6) is 2.11. The van der Waals surface area contributed by atoms with Crippen LogP contribution in [0.5, 0.6) is 0 Å². The summed E-state index contributed by atoms with van der Waals surface area (Å²) in [6, 6.07) is 5.26. The second-order valence-electron chi connectivity index (χ2n) is 3.75. The van der Waals surface area contributed by atoms with Crippen LogP contribution in [0.1, 0.15) is 23.7 Å². The van der Waals surface area contributed by atoms with Crippen molar-refractivity contribution < 1.29 is 4.79 Å². The minimum absolute atomic E-state index is 0.0802. The fourth-order valence-corrected chi connectivity index (χ4v) is 2.35. The van der Waals surface area contributed by atoms with Gasteiger partial charge in [-0.15, -0.1) is 0 Å². The molecule has 0 bridgehead atoms. The van der Waals surface area contributed by atoms with Crippen molar-refractivity contribution in [2.24, 2.45) is 0 Å². The molecule has 1 aromatic carbocycles. The second kappa shape index (κ2) is 8.27. The SMILES string of the molecule is CCSCCCNC(=O)c1cc(Cl)ccc1NC. The molecular weight excluding hydrogens is 268 g/mol. The molecule has 0 fully saturated rings. The van der Waals surface area contributed by atoms with Gasteiger partial charge in [0.15, 0.2) is 0 Å². The molecule has 5 heteroatoms. The number of halogens is 1. The lowest BCUT2D eigenvalue weighted by Gasteiger charge is -2.10. The summed E-state index contributed by atoms with van der Waals surface area (Å²) < 4.78 is 0. The Morgan fingerprint density at radius 3 is 2.89 bits per heavy atom. The van der Waals surface area contributed by atoms with E-state index in [0.29, 0.717) is 17.1 Å². The summed E-state index contributed by atoms with van der Waals surface area (Å²) >= 11 is 7.79. The van der Waals surface area contributed by atoms with Crippen LogP contribution in [0.4, 0.5) is 5.69 Å². The number of rotatable bonds is 7. The number of amides is 1. The van der Waals surface area contributed by atoms with E-state index < -0.39 is 0 Å². The zero-order valence-corrected chi connectivity index (χ0v) is 12.3. The van der Waals surface area contributed by atoms with E-state index in [1.165, 1.54) is 0 Å². The Labute approximate surface area is 118 Å². The first-order chi connectivity index (χ1) is 8.69. The Bertz CT molecular complexity index is 399. The van der Waals surface area contributed by atoms with Gasteiger partial charge in [0.05, 0.1) is 5.56 Å². The molecule has 0 aliphatic carbocycles. The van der Waals surface area contributed by atoms with Crippen LogP contribution in [-0.2, 0) is 0 Å². The average molecular weight is 287 g/mol. The van der Waals surface area contributed by atoms with Crippen molar-refractivity contribution in [2.45, 2.75) is 13.3 Å². The molecule has 0 heterocycles. The summed E-state index contributed by atoms with van der Waals surface area (Å²) in [4.78, 5) is 12.0. The Morgan fingerprint density at radius 1 is 1.44 bits per heavy atom. The Balaban J connectivity index is 2.52. The molecule has 1 rings (SSSR count). The first kappa shape index (κ1) is 15.2. The van der Waals surface area contributed by atoms with Crippen LogP contribution in [0, 0.1) is 0 Å². The molecule has 0 atom stereocenters. The standard InChI is InChI=1S/C13H19ClN2OS/c1-3-18-8-4-7-16-13(17)11-9-10(14)5-6-12(11)15-2/h5-6,9,15H,3-4,7-8H2,1-2H3,(H,16,17). The van der Waals surface area contributed by atoms with Gasteiger partial charge in [0.2, 0.25) is 0 Å². The molecule has 2 N–H and O–H groups in total. The van der Waals surface area contributed by atoms with Gasteiger partial charge in [-0.2, -0.15) is 11.8 Å². The molecule has 1 amide bonds. The number of nitrogens with one attached hydrogen (secondary N) is 2. The van der Waals surface area contributed by atoms with Gasteiger partial charge in [-0.1, -0.05) is 18.5 Å². The Morgan fingerprint density at radius 2 is 2.22 bits per heavy atom. The van der Waals surface area contributed by atoms with Crippen LogP contribution in [0.25, 0.3) is 0 Å². The molecule has 100 valence electrons. The van der Waals surface area contributed by atoms with Gasteiger partial charge in [-0.05, 0) is 36.1 Å². The van der Waals surface area contributed by atoms with E-state index in [0.717, 1.165) is 23.6 Å². The van der Waals surface area contributed by atoms with Crippen molar-refractivity contribution in [2.75, 3.05) is 30.4 Å². The monoisotopic (exact) mass is 286 g/mol. The Hall–Kier alpha value is -0.870. The molecule has 0 saturated carbocycles. The number of carbonyl (C=O) groups is 1. The molecule has 0 unspecified atom stereocenters. The van der Waals surface area contributed by atoms with Gasteiger partial charge in [-0.3, -0.25) is 4.79 Å². The number of hydrogen-bond acceptors (Lipinski definition) is 3. The first-order valence-corrected chi connectivity index (χ1v) is 7.55. The highest BCUT2D eigenvalue weighted by molar-refractivity contribution is 7.99. The maximum atomic E-state index is 12.0. The highest BCUT2D eigenvalue weighted by atomic mass is 35.5. The normalized spacial score (nSPS) is 10.2. The number of benzene rings is 1. The van der Waals surface area contributed by atoms with Crippen molar-refractivity contribution in [3.8, 4) is 0 Å². The third-order valence-corrected chi connectivity index (χ3v) is 3.67. The Kier molecular flexibility index (Phi) is 6.98. The largest absolute Gasteiger partial charge is 0.387 e. The maximum Gasteiger partial charge on any atom is 0.253 e. The lowest BCUT2D eigenvalue weighted by atomic mass is 10.1. The highest BCUT2D eigenvalue weighted by Crippen LogP contribution is 2.20. The molecule has 3 nitrogen and oxygen atoms in total. The number of anilines is 1. The van der Waals surface area contributed by atoms with Gasteiger partial charge < -0.3 is 10.6 Å². The van der Waals surface area contributed by atoms with Crippen molar-refractivity contribution in [1.29, 1.82) is 0 Å². The molecule has 0 saturated heterocycles. The third-order valence-electron chi connectivity index (χ3n) is 2.45. The van der Waals surface area contributed by atoms with Crippen molar-refractivity contribution in [1.82, 2.24) is 5.32 Å². The molecule has 0 radical (unpaired) electrons. The maximum absolute atomic E-state index is 12.0. The van der Waals surface area contributed by atoms with E-state index >= 15 is 0 Å². The van der Waals surface area contributed by atoms with E-state index in [9.17, 15) is 4.79 Å². The molecule has 18 heavy (non-hydrogen) atoms. The van der Waals surface area contributed by atoms with Crippen molar-refractivity contribution >= 4 is 35.0 Å². The van der Waals surface area contributed by atoms with Crippen molar-refractivity contribution in [3.63, 3.8) is 0 Å². The van der Waals surface area contributed by atoms with E-state index in [-0.39, 0.29) is 5.91 Å². The lowest BCUT2D eigenvalue weighted by Crippen LogP contribution is -2.25. The van der Waals surface area contributed by atoms with Gasteiger partial charge in [0.1, 0.15) is 0 Å². The molecule has 0 spiro atoms. The number of thioether (sulfide) groups is 1. The molecule has 0 aromatic heterocycles.